The van der Waals surface area contributed by atoms with E-state index in [2.05, 4.69) is 148 Å². The van der Waals surface area contributed by atoms with Gasteiger partial charge in [0.2, 0.25) is 0 Å². The maximum atomic E-state index is 12.3. The lowest BCUT2D eigenvalue weighted by atomic mass is 10.0. The second-order valence-corrected chi connectivity index (χ2v) is 19.3. The minimum Gasteiger partial charge on any atom is -0.462 e. The molecule has 408 valence electrons. The van der Waals surface area contributed by atoms with E-state index in [9.17, 15) is 14.7 Å². The van der Waals surface area contributed by atoms with Gasteiger partial charge >= 0.3 is 11.9 Å². The molecule has 0 rings (SSSR count). The summed E-state index contributed by atoms with van der Waals surface area (Å²) in [5, 5.41) is 9.66. The number of hydrogen-bond acceptors (Lipinski definition) is 5. The van der Waals surface area contributed by atoms with Gasteiger partial charge in [-0.15, -0.1) is 0 Å². The Morgan fingerprint density at radius 2 is 0.597 bits per heavy atom. The molecular weight excluding hydrogens is 885 g/mol. The van der Waals surface area contributed by atoms with Crippen LogP contribution in [0.2, 0.25) is 0 Å². The van der Waals surface area contributed by atoms with Gasteiger partial charge in [-0.3, -0.25) is 9.59 Å². The summed E-state index contributed by atoms with van der Waals surface area (Å²) < 4.78 is 10.7. The van der Waals surface area contributed by atoms with Crippen LogP contribution >= 0.6 is 0 Å². The van der Waals surface area contributed by atoms with E-state index >= 15 is 0 Å². The van der Waals surface area contributed by atoms with E-state index in [1.165, 1.54) is 122 Å². The van der Waals surface area contributed by atoms with Gasteiger partial charge in [0.1, 0.15) is 6.61 Å². The van der Waals surface area contributed by atoms with Gasteiger partial charge in [-0.2, -0.15) is 0 Å². The molecule has 0 aliphatic carbocycles. The van der Waals surface area contributed by atoms with Crippen LogP contribution in [0.15, 0.2) is 134 Å². The van der Waals surface area contributed by atoms with Crippen LogP contribution in [-0.2, 0) is 19.1 Å². The Kier molecular flexibility index (Phi) is 58.0. The Hall–Kier alpha value is -3.96. The molecule has 0 saturated carbocycles. The predicted molar refractivity (Wildman–Crippen MR) is 315 cm³/mol. The Labute approximate surface area is 445 Å². The first kappa shape index (κ1) is 68.0. The van der Waals surface area contributed by atoms with Crippen LogP contribution in [0.1, 0.15) is 258 Å². The summed E-state index contributed by atoms with van der Waals surface area (Å²) in [5.41, 5.74) is 0. The smallest absolute Gasteiger partial charge is 0.306 e. The van der Waals surface area contributed by atoms with Crippen LogP contribution in [-0.4, -0.2) is 36.4 Å². The molecule has 0 aromatic rings. The molecule has 0 amide bonds. The summed E-state index contributed by atoms with van der Waals surface area (Å²) in [5.74, 6) is -0.633. The molecule has 0 fully saturated rings. The average Bonchev–Trinajstić information content (AvgIpc) is 3.38. The molecule has 1 unspecified atom stereocenters. The van der Waals surface area contributed by atoms with Crippen molar-refractivity contribution in [2.45, 2.75) is 264 Å². The van der Waals surface area contributed by atoms with Crippen molar-refractivity contribution >= 4 is 11.9 Å². The fourth-order valence-electron chi connectivity index (χ4n) is 7.99. The summed E-state index contributed by atoms with van der Waals surface area (Å²) in [6.07, 6.45) is 91.4. The predicted octanol–water partition coefficient (Wildman–Crippen LogP) is 20.4. The number of unbranched alkanes of at least 4 members (excludes halogenated alkanes) is 23. The highest BCUT2D eigenvalue weighted by Crippen LogP contribution is 2.15. The summed E-state index contributed by atoms with van der Waals surface area (Å²) in [4.78, 5) is 24.5. The van der Waals surface area contributed by atoms with Gasteiger partial charge in [-0.1, -0.05) is 263 Å². The van der Waals surface area contributed by atoms with E-state index in [4.69, 9.17) is 9.47 Å². The Morgan fingerprint density at radius 1 is 0.333 bits per heavy atom. The monoisotopic (exact) mass is 995 g/mol. The highest BCUT2D eigenvalue weighted by Gasteiger charge is 2.16. The van der Waals surface area contributed by atoms with Gasteiger partial charge in [0.25, 0.3) is 0 Å². The number of aliphatic hydroxyl groups is 1. The van der Waals surface area contributed by atoms with Gasteiger partial charge in [-0.05, 0) is 116 Å². The molecule has 0 bridgehead atoms. The molecule has 5 heteroatoms. The molecule has 0 aliphatic heterocycles. The zero-order chi connectivity index (χ0) is 52.0. The van der Waals surface area contributed by atoms with Crippen LogP contribution in [0.5, 0.6) is 0 Å². The van der Waals surface area contributed by atoms with E-state index in [1.54, 1.807) is 0 Å². The lowest BCUT2D eigenvalue weighted by molar-refractivity contribution is -0.161. The minimum absolute atomic E-state index is 0.0867. The first-order valence-electron chi connectivity index (χ1n) is 29.7. The Bertz CT molecular complexity index is 1500. The number of ether oxygens (including phenoxy) is 2. The highest BCUT2D eigenvalue weighted by molar-refractivity contribution is 5.70. The molecule has 0 heterocycles. The van der Waals surface area contributed by atoms with E-state index < -0.39 is 6.10 Å². The highest BCUT2D eigenvalue weighted by atomic mass is 16.6. The van der Waals surface area contributed by atoms with Crippen molar-refractivity contribution < 1.29 is 24.2 Å². The summed E-state index contributed by atoms with van der Waals surface area (Å²) in [6, 6.07) is 0. The molecule has 0 aromatic carbocycles. The number of esters is 2. The van der Waals surface area contributed by atoms with E-state index in [0.29, 0.717) is 12.8 Å². The van der Waals surface area contributed by atoms with Crippen molar-refractivity contribution in [1.29, 1.82) is 0 Å². The fourth-order valence-corrected chi connectivity index (χ4v) is 7.99. The number of allylic oxidation sites excluding steroid dienone is 22. The Balaban J connectivity index is 3.61. The number of rotatable bonds is 53. The quantitative estimate of drug-likeness (QED) is 0.0373. The molecule has 5 nitrogen and oxygen atoms in total. The number of carbonyl (C=O) groups excluding carboxylic acids is 2. The summed E-state index contributed by atoms with van der Waals surface area (Å²) in [7, 11) is 0. The molecule has 1 atom stereocenters. The van der Waals surface area contributed by atoms with E-state index in [0.717, 1.165) is 109 Å². The van der Waals surface area contributed by atoms with Crippen molar-refractivity contribution in [2.24, 2.45) is 0 Å². The summed E-state index contributed by atoms with van der Waals surface area (Å²) in [6.45, 7) is 4.00. The van der Waals surface area contributed by atoms with Crippen molar-refractivity contribution in [3.8, 4) is 0 Å². The number of aliphatic hydroxyl groups excluding tert-OH is 1. The van der Waals surface area contributed by atoms with Crippen molar-refractivity contribution in [2.75, 3.05) is 13.2 Å². The lowest BCUT2D eigenvalue weighted by Gasteiger charge is -2.15. The molecule has 0 radical (unpaired) electrons. The third-order valence-corrected chi connectivity index (χ3v) is 12.4. The molecule has 1 N–H and O–H groups in total. The van der Waals surface area contributed by atoms with Crippen LogP contribution in [0.4, 0.5) is 0 Å². The van der Waals surface area contributed by atoms with Gasteiger partial charge in [-0.25, -0.2) is 0 Å². The number of carbonyl (C=O) groups is 2. The SMILES string of the molecule is CC/C=C\C/C=C\C/C=C\C/C=C\C/C=C\C/C=C\C/C=C\C/C=C\C/C=C\CCCCCC(=O)OC(CO)COC(=O)CCCCCCCCCCCCCCCCC/C=C\C/C=C\CCCCCCC. The maximum absolute atomic E-state index is 12.3. The van der Waals surface area contributed by atoms with Gasteiger partial charge < -0.3 is 14.6 Å². The largest absolute Gasteiger partial charge is 0.462 e. The van der Waals surface area contributed by atoms with Crippen molar-refractivity contribution in [3.05, 3.63) is 134 Å². The van der Waals surface area contributed by atoms with Crippen LogP contribution in [0.3, 0.4) is 0 Å². The second kappa shape index (κ2) is 61.3. The molecule has 0 saturated heterocycles. The minimum atomic E-state index is -0.800. The van der Waals surface area contributed by atoms with Crippen LogP contribution < -0.4 is 0 Å². The lowest BCUT2D eigenvalue weighted by Crippen LogP contribution is -2.28. The topological polar surface area (TPSA) is 72.8 Å². The molecular formula is C67H110O5. The second-order valence-electron chi connectivity index (χ2n) is 19.3. The first-order chi connectivity index (χ1) is 35.6. The third kappa shape index (κ3) is 58.6. The first-order valence-corrected chi connectivity index (χ1v) is 29.7. The van der Waals surface area contributed by atoms with Gasteiger partial charge in [0.05, 0.1) is 6.61 Å². The van der Waals surface area contributed by atoms with E-state index in [-0.39, 0.29) is 25.2 Å². The standard InChI is InChI=1S/C67H110O5/c1-3-5-7-9-11-13-15-17-19-21-23-25-27-29-31-32-33-34-36-38-40-42-44-46-48-50-52-54-56-58-60-62-67(70)72-65(63-68)64-71-66(69)61-59-57-55-53-51-49-47-45-43-41-39-37-35-30-28-26-24-22-20-18-16-14-12-10-8-6-4-2/h5,7,11,13,16-19,22-25,29,31,33-34,38,40,44,46,50,52,65,68H,3-4,6,8-10,12,14-15,20-21,26-28,30,32,35-37,39,41-43,45,47-49,51,53-64H2,1-2H3/b7-5-,13-11-,18-16-,19-17-,24-22-,25-23-,31-29-,34-33-,40-38-,46-44-,52-50-. The Morgan fingerprint density at radius 3 is 0.917 bits per heavy atom. The molecule has 72 heavy (non-hydrogen) atoms. The van der Waals surface area contributed by atoms with Crippen LogP contribution in [0, 0.1) is 0 Å². The molecule has 0 spiro atoms. The summed E-state index contributed by atoms with van der Waals surface area (Å²) >= 11 is 0. The van der Waals surface area contributed by atoms with Crippen molar-refractivity contribution in [1.82, 2.24) is 0 Å². The third-order valence-electron chi connectivity index (χ3n) is 12.4. The van der Waals surface area contributed by atoms with Gasteiger partial charge in [0.15, 0.2) is 6.10 Å². The molecule has 0 aromatic heterocycles. The molecule has 0 aliphatic rings. The maximum Gasteiger partial charge on any atom is 0.306 e. The van der Waals surface area contributed by atoms with E-state index in [1.807, 2.05) is 0 Å². The fraction of sp³-hybridized carbons (Fsp3) is 0.642. The van der Waals surface area contributed by atoms with Crippen molar-refractivity contribution in [3.63, 3.8) is 0 Å². The number of hydrogen-bond donors (Lipinski definition) is 1. The zero-order valence-electron chi connectivity index (χ0n) is 46.6. The normalized spacial score (nSPS) is 13.2. The average molecular weight is 996 g/mol. The zero-order valence-corrected chi connectivity index (χ0v) is 46.6. The van der Waals surface area contributed by atoms with Gasteiger partial charge in [0, 0.05) is 12.8 Å². The van der Waals surface area contributed by atoms with Crippen LogP contribution in [0.25, 0.3) is 0 Å².